The normalized spacial score (nSPS) is 11.2. The second-order valence-electron chi connectivity index (χ2n) is 18.1. The average Bonchev–Trinajstić information content (AvgIpc) is 3.37. The molecule has 0 saturated heterocycles. The van der Waals surface area contributed by atoms with E-state index in [0.717, 1.165) is 55.9 Å². The molecule has 0 aliphatic carbocycles. The third kappa shape index (κ3) is 9.01. The molecule has 0 spiro atoms. The highest BCUT2D eigenvalue weighted by molar-refractivity contribution is 5.82. The van der Waals surface area contributed by atoms with Crippen molar-refractivity contribution in [2.24, 2.45) is 0 Å². The van der Waals surface area contributed by atoms with Crippen molar-refractivity contribution in [1.82, 2.24) is 15.0 Å². The molecule has 0 aliphatic heterocycles. The lowest BCUT2D eigenvalue weighted by Gasteiger charge is -2.28. The molecule has 1 heterocycles. The minimum atomic E-state index is 0.0352. The van der Waals surface area contributed by atoms with Crippen LogP contribution in [0.25, 0.3) is 56.2 Å². The first-order valence-corrected chi connectivity index (χ1v) is 23.5. The molecule has 0 saturated carbocycles. The number of hydrogen-bond donors (Lipinski definition) is 0. The van der Waals surface area contributed by atoms with Gasteiger partial charge in [0.1, 0.15) is 0 Å². The van der Waals surface area contributed by atoms with E-state index < -0.39 is 0 Å². The number of benzene rings is 9. The van der Waals surface area contributed by atoms with Crippen molar-refractivity contribution in [2.45, 2.75) is 47.5 Å². The fraction of sp³-hybridized carbons (Fsp3) is 0.109. The zero-order chi connectivity index (χ0) is 46.7. The fourth-order valence-electron chi connectivity index (χ4n) is 10.1. The van der Waals surface area contributed by atoms with Crippen LogP contribution in [0.2, 0.25) is 0 Å². The van der Waals surface area contributed by atoms with Crippen molar-refractivity contribution in [1.29, 1.82) is 0 Å². The molecular weight excluding hydrogens is 825 g/mol. The van der Waals surface area contributed by atoms with Gasteiger partial charge in [0.05, 0.1) is 0 Å². The van der Waals surface area contributed by atoms with Crippen molar-refractivity contribution < 1.29 is 0 Å². The Hall–Kier alpha value is -8.21. The van der Waals surface area contributed by atoms with Gasteiger partial charge in [0, 0.05) is 28.4 Å². The zero-order valence-corrected chi connectivity index (χ0v) is 39.6. The number of aromatic nitrogens is 3. The first kappa shape index (κ1) is 43.7. The number of aryl methyl sites for hydroxylation is 6. The molecule has 1 aromatic heterocycles. The maximum atomic E-state index is 5.45. The summed E-state index contributed by atoms with van der Waals surface area (Å²) in [6.45, 7) is 13.4. The Morgan fingerprint density at radius 2 is 0.647 bits per heavy atom. The quantitative estimate of drug-likeness (QED) is 0.121. The van der Waals surface area contributed by atoms with E-state index in [1.165, 1.54) is 50.1 Å². The van der Waals surface area contributed by atoms with Gasteiger partial charge >= 0.3 is 0 Å². The minimum Gasteiger partial charge on any atom is -0.279 e. The zero-order valence-electron chi connectivity index (χ0n) is 39.6. The van der Waals surface area contributed by atoms with Crippen LogP contribution in [0.3, 0.4) is 0 Å². The van der Waals surface area contributed by atoms with Crippen LogP contribution in [0.5, 0.6) is 0 Å². The summed E-state index contributed by atoms with van der Waals surface area (Å²) >= 11 is 0. The van der Waals surface area contributed by atoms with Crippen LogP contribution in [-0.2, 0) is 0 Å². The second kappa shape index (κ2) is 18.9. The number of nitrogens with zero attached hydrogens (tertiary/aromatic N) is 4. The van der Waals surface area contributed by atoms with Crippen LogP contribution in [0.4, 0.5) is 17.3 Å². The summed E-state index contributed by atoms with van der Waals surface area (Å²) in [4.78, 5) is 18.2. The third-order valence-corrected chi connectivity index (χ3v) is 13.0. The SMILES string of the molecule is Cc1cc(C)c(C(c2ccc(N(c3ccc(-c4ccccc4)cc3)c3nc(-c4ccccc4)nc(-c4cc(-c5ccccc5)cc(-c5ccccc5)c4)n3)cc2)c2c(C)cc(C)cc2C)c(C)c1. The van der Waals surface area contributed by atoms with Gasteiger partial charge in [-0.2, -0.15) is 9.97 Å². The van der Waals surface area contributed by atoms with Gasteiger partial charge in [0.15, 0.2) is 11.6 Å². The summed E-state index contributed by atoms with van der Waals surface area (Å²) < 4.78 is 0. The van der Waals surface area contributed by atoms with Crippen molar-refractivity contribution in [3.05, 3.63) is 262 Å². The van der Waals surface area contributed by atoms with Gasteiger partial charge in [0.2, 0.25) is 5.95 Å². The molecule has 10 aromatic rings. The molecule has 4 heteroatoms. The molecule has 0 N–H and O–H groups in total. The maximum Gasteiger partial charge on any atom is 0.238 e. The van der Waals surface area contributed by atoms with Crippen LogP contribution in [0.1, 0.15) is 56.0 Å². The number of anilines is 3. The minimum absolute atomic E-state index is 0.0352. The summed E-state index contributed by atoms with van der Waals surface area (Å²) in [5.41, 5.74) is 22.1. The lowest BCUT2D eigenvalue weighted by Crippen LogP contribution is -2.16. The van der Waals surface area contributed by atoms with Crippen molar-refractivity contribution in [2.75, 3.05) is 4.90 Å². The molecule has 0 fully saturated rings. The van der Waals surface area contributed by atoms with Crippen LogP contribution in [-0.4, -0.2) is 15.0 Å². The molecule has 0 bridgehead atoms. The van der Waals surface area contributed by atoms with Crippen LogP contribution < -0.4 is 4.90 Å². The lowest BCUT2D eigenvalue weighted by molar-refractivity contribution is 0.919. The molecule has 68 heavy (non-hydrogen) atoms. The van der Waals surface area contributed by atoms with Gasteiger partial charge in [-0.15, -0.1) is 0 Å². The topological polar surface area (TPSA) is 41.9 Å². The van der Waals surface area contributed by atoms with E-state index in [9.17, 15) is 0 Å². The summed E-state index contributed by atoms with van der Waals surface area (Å²) in [5, 5.41) is 0. The Morgan fingerprint density at radius 1 is 0.309 bits per heavy atom. The van der Waals surface area contributed by atoms with E-state index in [4.69, 9.17) is 15.0 Å². The Balaban J connectivity index is 1.18. The predicted molar refractivity (Wildman–Crippen MR) is 284 cm³/mol. The highest BCUT2D eigenvalue weighted by Crippen LogP contribution is 2.43. The molecule has 0 aliphatic rings. The predicted octanol–water partition coefficient (Wildman–Crippen LogP) is 16.7. The van der Waals surface area contributed by atoms with Gasteiger partial charge in [-0.1, -0.05) is 181 Å². The first-order chi connectivity index (χ1) is 33.2. The van der Waals surface area contributed by atoms with Crippen LogP contribution >= 0.6 is 0 Å². The summed E-state index contributed by atoms with van der Waals surface area (Å²) in [7, 11) is 0. The van der Waals surface area contributed by atoms with Crippen molar-refractivity contribution >= 4 is 17.3 Å². The van der Waals surface area contributed by atoms with Crippen molar-refractivity contribution in [3.8, 4) is 56.2 Å². The molecule has 330 valence electrons. The summed E-state index contributed by atoms with van der Waals surface area (Å²) in [5.74, 6) is 1.73. The molecule has 9 aromatic carbocycles. The van der Waals surface area contributed by atoms with E-state index in [2.05, 4.69) is 241 Å². The molecule has 10 rings (SSSR count). The first-order valence-electron chi connectivity index (χ1n) is 23.5. The second-order valence-corrected chi connectivity index (χ2v) is 18.1. The highest BCUT2D eigenvalue weighted by Gasteiger charge is 2.26. The summed E-state index contributed by atoms with van der Waals surface area (Å²) in [6.07, 6.45) is 0. The lowest BCUT2D eigenvalue weighted by atomic mass is 9.77. The Morgan fingerprint density at radius 3 is 1.07 bits per heavy atom. The van der Waals surface area contributed by atoms with E-state index in [-0.39, 0.29) is 5.92 Å². The van der Waals surface area contributed by atoms with E-state index in [1.807, 2.05) is 18.2 Å². The van der Waals surface area contributed by atoms with Gasteiger partial charge in [-0.05, 0) is 156 Å². The maximum absolute atomic E-state index is 5.45. The van der Waals surface area contributed by atoms with Crippen LogP contribution in [0.15, 0.2) is 212 Å². The monoisotopic (exact) mass is 878 g/mol. The third-order valence-electron chi connectivity index (χ3n) is 13.0. The van der Waals surface area contributed by atoms with E-state index in [0.29, 0.717) is 17.6 Å². The van der Waals surface area contributed by atoms with E-state index in [1.54, 1.807) is 0 Å². The fourth-order valence-corrected chi connectivity index (χ4v) is 10.1. The largest absolute Gasteiger partial charge is 0.279 e. The van der Waals surface area contributed by atoms with Crippen LogP contribution in [0, 0.1) is 41.5 Å². The number of hydrogen-bond acceptors (Lipinski definition) is 4. The Labute approximate surface area is 401 Å². The van der Waals surface area contributed by atoms with Gasteiger partial charge < -0.3 is 0 Å². The molecule has 0 radical (unpaired) electrons. The molecule has 0 unspecified atom stereocenters. The van der Waals surface area contributed by atoms with Gasteiger partial charge in [-0.3, -0.25) is 4.90 Å². The Kier molecular flexibility index (Phi) is 12.2. The Bertz CT molecular complexity index is 3200. The smallest absolute Gasteiger partial charge is 0.238 e. The van der Waals surface area contributed by atoms with E-state index >= 15 is 0 Å². The molecule has 0 amide bonds. The van der Waals surface area contributed by atoms with Crippen molar-refractivity contribution in [3.63, 3.8) is 0 Å². The standard InChI is InChI=1S/C64H54N4/c1-42-35-44(3)59(45(4)36-42)61(60-46(5)37-43(2)38-47(60)6)52-29-33-58(34-30-52)68(57-31-27-51(28-32-57)48-19-11-7-12-20-48)64-66-62(53-25-17-10-18-26-53)65-63(67-64)56-40-54(49-21-13-8-14-22-49)39-55(41-56)50-23-15-9-16-24-50/h7-41,61H,1-6H3. The average molecular weight is 879 g/mol. The molecular formula is C64H54N4. The number of rotatable bonds is 11. The molecule has 0 atom stereocenters. The highest BCUT2D eigenvalue weighted by atomic mass is 15.3. The van der Waals surface area contributed by atoms with Gasteiger partial charge in [-0.25, -0.2) is 4.98 Å². The molecule has 4 nitrogen and oxygen atoms in total. The van der Waals surface area contributed by atoms with Gasteiger partial charge in [0.25, 0.3) is 0 Å². The summed E-state index contributed by atoms with van der Waals surface area (Å²) in [6, 6.07) is 75.5.